The lowest BCUT2D eigenvalue weighted by atomic mass is 9.86. The second-order valence-corrected chi connectivity index (χ2v) is 8.44. The van der Waals surface area contributed by atoms with Crippen LogP contribution in [0.2, 0.25) is 0 Å². The van der Waals surface area contributed by atoms with Crippen molar-refractivity contribution >= 4 is 17.5 Å². The number of hydrogen-bond donors (Lipinski definition) is 1. The van der Waals surface area contributed by atoms with E-state index in [9.17, 15) is 9.59 Å². The van der Waals surface area contributed by atoms with Crippen LogP contribution in [0.4, 0.5) is 5.69 Å². The lowest BCUT2D eigenvalue weighted by Gasteiger charge is -2.35. The number of rotatable bonds is 6. The molecule has 0 bridgehead atoms. The first kappa shape index (κ1) is 20.9. The normalized spacial score (nSPS) is 14.8. The minimum atomic E-state index is -0.559. The van der Waals surface area contributed by atoms with E-state index in [4.69, 9.17) is 4.74 Å². The number of nitrogens with one attached hydrogen (secondary N) is 1. The fourth-order valence-corrected chi connectivity index (χ4v) is 3.56. The van der Waals surface area contributed by atoms with Crippen LogP contribution in [0.25, 0.3) is 0 Å². The molecule has 1 N–H and O–H groups in total. The Bertz CT molecular complexity index is 871. The smallest absolute Gasteiger partial charge is 0.265 e. The lowest BCUT2D eigenvalue weighted by molar-refractivity contribution is -0.127. The molecule has 5 heteroatoms. The zero-order valence-corrected chi connectivity index (χ0v) is 17.7. The summed E-state index contributed by atoms with van der Waals surface area (Å²) >= 11 is 0. The highest BCUT2D eigenvalue weighted by Crippen LogP contribution is 2.37. The number of carbonyl (C=O) groups excluding carboxylic acids is 2. The zero-order valence-electron chi connectivity index (χ0n) is 17.7. The predicted octanol–water partition coefficient (Wildman–Crippen LogP) is 3.85. The summed E-state index contributed by atoms with van der Waals surface area (Å²) in [7, 11) is 0. The van der Waals surface area contributed by atoms with Gasteiger partial charge >= 0.3 is 0 Å². The standard InChI is InChI=1S/C24H30N2O3/c1-5-19(23(28)25-14-13-17-9-7-6-8-10-17)26-20-15-18(24(2,3)4)11-12-21(20)29-16-22(26)27/h6-12,15,19H,5,13-14,16H2,1-4H3,(H,25,28)/t19-/m1/s1. The van der Waals surface area contributed by atoms with Crippen molar-refractivity contribution in [2.24, 2.45) is 0 Å². The Labute approximate surface area is 173 Å². The predicted molar refractivity (Wildman–Crippen MR) is 115 cm³/mol. The van der Waals surface area contributed by atoms with Crippen LogP contribution in [0.15, 0.2) is 48.5 Å². The van der Waals surface area contributed by atoms with Crippen molar-refractivity contribution in [1.29, 1.82) is 0 Å². The maximum Gasteiger partial charge on any atom is 0.265 e. The Morgan fingerprint density at radius 1 is 1.17 bits per heavy atom. The van der Waals surface area contributed by atoms with Gasteiger partial charge in [0.2, 0.25) is 5.91 Å². The van der Waals surface area contributed by atoms with Crippen LogP contribution < -0.4 is 15.0 Å². The molecule has 0 fully saturated rings. The fourth-order valence-electron chi connectivity index (χ4n) is 3.56. The molecule has 1 heterocycles. The number of nitrogens with zero attached hydrogens (tertiary/aromatic N) is 1. The molecule has 2 aromatic carbocycles. The number of carbonyl (C=O) groups is 2. The molecule has 0 aromatic heterocycles. The monoisotopic (exact) mass is 394 g/mol. The van der Waals surface area contributed by atoms with E-state index in [-0.39, 0.29) is 23.8 Å². The van der Waals surface area contributed by atoms with Gasteiger partial charge in [-0.2, -0.15) is 0 Å². The topological polar surface area (TPSA) is 58.6 Å². The highest BCUT2D eigenvalue weighted by Gasteiger charge is 2.35. The van der Waals surface area contributed by atoms with E-state index in [0.717, 1.165) is 12.0 Å². The molecule has 1 atom stereocenters. The summed E-state index contributed by atoms with van der Waals surface area (Å²) in [6, 6.07) is 15.4. The van der Waals surface area contributed by atoms with Crippen molar-refractivity contribution in [1.82, 2.24) is 5.32 Å². The van der Waals surface area contributed by atoms with Gasteiger partial charge in [0.05, 0.1) is 5.69 Å². The van der Waals surface area contributed by atoms with Crippen LogP contribution in [0.3, 0.4) is 0 Å². The SMILES string of the molecule is CC[C@H](C(=O)NCCc1ccccc1)N1C(=O)COc2ccc(C(C)(C)C)cc21. The summed E-state index contributed by atoms with van der Waals surface area (Å²) < 4.78 is 5.62. The van der Waals surface area contributed by atoms with Gasteiger partial charge in [0.25, 0.3) is 5.91 Å². The third kappa shape index (κ3) is 4.78. The summed E-state index contributed by atoms with van der Waals surface area (Å²) in [5.74, 6) is 0.326. The van der Waals surface area contributed by atoms with Crippen LogP contribution in [-0.2, 0) is 21.4 Å². The summed E-state index contributed by atoms with van der Waals surface area (Å²) in [5.41, 5.74) is 2.88. The largest absolute Gasteiger partial charge is 0.482 e. The summed E-state index contributed by atoms with van der Waals surface area (Å²) in [6.45, 7) is 8.79. The Balaban J connectivity index is 1.79. The third-order valence-corrected chi connectivity index (χ3v) is 5.26. The van der Waals surface area contributed by atoms with Crippen molar-refractivity contribution < 1.29 is 14.3 Å². The van der Waals surface area contributed by atoms with Crippen LogP contribution in [0.1, 0.15) is 45.2 Å². The summed E-state index contributed by atoms with van der Waals surface area (Å²) in [6.07, 6.45) is 1.28. The average molecular weight is 395 g/mol. The minimum absolute atomic E-state index is 0.0460. The molecule has 0 aliphatic carbocycles. The number of fused-ring (bicyclic) bond motifs is 1. The molecule has 3 rings (SSSR count). The Morgan fingerprint density at radius 2 is 1.90 bits per heavy atom. The van der Waals surface area contributed by atoms with E-state index < -0.39 is 6.04 Å². The fraction of sp³-hybridized carbons (Fsp3) is 0.417. The van der Waals surface area contributed by atoms with E-state index in [1.807, 2.05) is 55.5 Å². The molecule has 0 saturated heterocycles. The highest BCUT2D eigenvalue weighted by atomic mass is 16.5. The maximum absolute atomic E-state index is 13.0. The summed E-state index contributed by atoms with van der Waals surface area (Å²) in [5, 5.41) is 3.00. The molecular formula is C24H30N2O3. The van der Waals surface area contributed by atoms with Gasteiger partial charge in [-0.25, -0.2) is 0 Å². The third-order valence-electron chi connectivity index (χ3n) is 5.26. The van der Waals surface area contributed by atoms with E-state index in [1.165, 1.54) is 5.56 Å². The van der Waals surface area contributed by atoms with Gasteiger partial charge in [-0.15, -0.1) is 0 Å². The molecule has 0 radical (unpaired) electrons. The number of amides is 2. The van der Waals surface area contributed by atoms with Gasteiger partial charge in [0.15, 0.2) is 6.61 Å². The van der Waals surface area contributed by atoms with E-state index >= 15 is 0 Å². The van der Waals surface area contributed by atoms with Crippen LogP contribution in [-0.4, -0.2) is 31.0 Å². The van der Waals surface area contributed by atoms with Gasteiger partial charge < -0.3 is 10.1 Å². The van der Waals surface area contributed by atoms with Gasteiger partial charge in [0.1, 0.15) is 11.8 Å². The first-order valence-electron chi connectivity index (χ1n) is 10.2. The highest BCUT2D eigenvalue weighted by molar-refractivity contribution is 6.04. The molecule has 0 unspecified atom stereocenters. The molecule has 2 aromatic rings. The van der Waals surface area contributed by atoms with E-state index in [1.54, 1.807) is 4.90 Å². The lowest BCUT2D eigenvalue weighted by Crippen LogP contribution is -2.53. The molecule has 0 spiro atoms. The van der Waals surface area contributed by atoms with E-state index in [0.29, 0.717) is 24.4 Å². The van der Waals surface area contributed by atoms with Crippen LogP contribution >= 0.6 is 0 Å². The Morgan fingerprint density at radius 3 is 2.55 bits per heavy atom. The molecule has 154 valence electrons. The van der Waals surface area contributed by atoms with Gasteiger partial charge in [0, 0.05) is 6.54 Å². The van der Waals surface area contributed by atoms with Crippen molar-refractivity contribution in [3.8, 4) is 5.75 Å². The van der Waals surface area contributed by atoms with Gasteiger partial charge in [-0.1, -0.05) is 64.1 Å². The number of anilines is 1. The molecule has 1 aliphatic heterocycles. The maximum atomic E-state index is 13.0. The van der Waals surface area contributed by atoms with Crippen LogP contribution in [0.5, 0.6) is 5.75 Å². The first-order chi connectivity index (χ1) is 13.8. The van der Waals surface area contributed by atoms with Crippen molar-refractivity contribution in [3.05, 3.63) is 59.7 Å². The van der Waals surface area contributed by atoms with Crippen LogP contribution in [0, 0.1) is 0 Å². The number of ether oxygens (including phenoxy) is 1. The van der Waals surface area contributed by atoms with Crippen molar-refractivity contribution in [2.75, 3.05) is 18.1 Å². The molecule has 29 heavy (non-hydrogen) atoms. The van der Waals surface area contributed by atoms with E-state index in [2.05, 4.69) is 26.1 Å². The zero-order chi connectivity index (χ0) is 21.0. The van der Waals surface area contributed by atoms with Crippen molar-refractivity contribution in [2.45, 2.75) is 52.0 Å². The number of benzene rings is 2. The molecule has 0 saturated carbocycles. The first-order valence-corrected chi connectivity index (χ1v) is 10.2. The molecule has 2 amide bonds. The molecule has 5 nitrogen and oxygen atoms in total. The van der Waals surface area contributed by atoms with Gasteiger partial charge in [-0.05, 0) is 41.5 Å². The molecule has 1 aliphatic rings. The minimum Gasteiger partial charge on any atom is -0.482 e. The Hall–Kier alpha value is -2.82. The quantitative estimate of drug-likeness (QED) is 0.810. The second-order valence-electron chi connectivity index (χ2n) is 8.44. The summed E-state index contributed by atoms with van der Waals surface area (Å²) in [4.78, 5) is 27.3. The van der Waals surface area contributed by atoms with Crippen molar-refractivity contribution in [3.63, 3.8) is 0 Å². The van der Waals surface area contributed by atoms with Gasteiger partial charge in [-0.3, -0.25) is 14.5 Å². The average Bonchev–Trinajstić information content (AvgIpc) is 2.70. The molecular weight excluding hydrogens is 364 g/mol. The number of hydrogen-bond acceptors (Lipinski definition) is 3. The Kier molecular flexibility index (Phi) is 6.26. The second kappa shape index (κ2) is 8.68.